The first-order valence-electron chi connectivity index (χ1n) is 6.41. The van der Waals surface area contributed by atoms with Crippen LogP contribution in [-0.2, 0) is 12.8 Å². The lowest BCUT2D eigenvalue weighted by Gasteiger charge is -2.08. The molecule has 4 heteroatoms. The fourth-order valence-electron chi connectivity index (χ4n) is 2.36. The molecule has 98 valence electrons. The first-order valence-corrected chi connectivity index (χ1v) is 7.60. The molecule has 0 bridgehead atoms. The lowest BCUT2D eigenvalue weighted by Crippen LogP contribution is -2.09. The molecule has 1 N–H and O–H groups in total. The predicted molar refractivity (Wildman–Crippen MR) is 80.4 cm³/mol. The molecule has 0 atom stereocenters. The molecule has 2 aromatic rings. The summed E-state index contributed by atoms with van der Waals surface area (Å²) in [5.41, 5.74) is 2.09. The molecule has 3 rings (SSSR count). The number of nitrogens with one attached hydrogen (secondary N) is 1. The Balaban J connectivity index is 1.78. The van der Waals surface area contributed by atoms with E-state index in [1.54, 1.807) is 23.5 Å². The van der Waals surface area contributed by atoms with Crippen LogP contribution in [0.25, 0.3) is 0 Å². The Morgan fingerprint density at radius 2 is 2.05 bits per heavy atom. The molecule has 0 saturated heterocycles. The number of halogens is 1. The fraction of sp³-hybridized carbons (Fsp3) is 0.267. The number of hydrogen-bond donors (Lipinski definition) is 1. The van der Waals surface area contributed by atoms with Crippen LogP contribution in [-0.4, -0.2) is 5.91 Å². The van der Waals surface area contributed by atoms with Crippen LogP contribution in [0, 0.1) is 0 Å². The van der Waals surface area contributed by atoms with E-state index in [1.807, 2.05) is 18.2 Å². The fourth-order valence-corrected chi connectivity index (χ4v) is 3.70. The number of rotatable bonds is 2. The van der Waals surface area contributed by atoms with Crippen molar-refractivity contribution in [3.63, 3.8) is 0 Å². The zero-order valence-electron chi connectivity index (χ0n) is 10.4. The van der Waals surface area contributed by atoms with E-state index in [1.165, 1.54) is 23.3 Å². The number of fused-ring (bicyclic) bond motifs is 1. The molecule has 0 spiro atoms. The summed E-state index contributed by atoms with van der Waals surface area (Å²) in [6, 6.07) is 9.27. The van der Waals surface area contributed by atoms with E-state index < -0.39 is 0 Å². The first-order chi connectivity index (χ1) is 9.22. The van der Waals surface area contributed by atoms with Gasteiger partial charge in [0.1, 0.15) is 0 Å². The van der Waals surface area contributed by atoms with E-state index in [-0.39, 0.29) is 5.91 Å². The van der Waals surface area contributed by atoms with Gasteiger partial charge in [-0.2, -0.15) is 0 Å². The van der Waals surface area contributed by atoms with Gasteiger partial charge >= 0.3 is 0 Å². The quantitative estimate of drug-likeness (QED) is 0.865. The number of carbonyl (C=O) groups is 1. The van der Waals surface area contributed by atoms with Gasteiger partial charge in [-0.15, -0.1) is 11.3 Å². The van der Waals surface area contributed by atoms with Gasteiger partial charge in [-0.05, 0) is 55.5 Å². The summed E-state index contributed by atoms with van der Waals surface area (Å²) in [5.74, 6) is -0.0401. The van der Waals surface area contributed by atoms with Crippen LogP contribution in [0.5, 0.6) is 0 Å². The van der Waals surface area contributed by atoms with E-state index in [9.17, 15) is 4.79 Å². The molecule has 1 aliphatic carbocycles. The van der Waals surface area contributed by atoms with Crippen LogP contribution in [0.15, 0.2) is 30.3 Å². The number of hydrogen-bond acceptors (Lipinski definition) is 2. The van der Waals surface area contributed by atoms with Gasteiger partial charge in [0, 0.05) is 15.6 Å². The monoisotopic (exact) mass is 291 g/mol. The average molecular weight is 292 g/mol. The average Bonchev–Trinajstić information content (AvgIpc) is 2.82. The number of anilines is 1. The number of benzene rings is 1. The van der Waals surface area contributed by atoms with Crippen molar-refractivity contribution >= 4 is 34.5 Å². The van der Waals surface area contributed by atoms with E-state index in [0.717, 1.165) is 23.4 Å². The van der Waals surface area contributed by atoms with Gasteiger partial charge in [0.2, 0.25) is 0 Å². The summed E-state index contributed by atoms with van der Waals surface area (Å²) in [6.45, 7) is 0. The van der Waals surface area contributed by atoms with Crippen LogP contribution < -0.4 is 5.32 Å². The molecule has 1 aliphatic rings. The van der Waals surface area contributed by atoms with Crippen molar-refractivity contribution < 1.29 is 4.79 Å². The third-order valence-corrected chi connectivity index (χ3v) is 4.77. The zero-order valence-corrected chi connectivity index (χ0v) is 12.0. The lowest BCUT2D eigenvalue weighted by atomic mass is 9.99. The molecular weight excluding hydrogens is 278 g/mol. The molecule has 1 heterocycles. The van der Waals surface area contributed by atoms with Crippen molar-refractivity contribution in [1.82, 2.24) is 0 Å². The first kappa shape index (κ1) is 12.7. The summed E-state index contributed by atoms with van der Waals surface area (Å²) in [7, 11) is 0. The number of aryl methyl sites for hydroxylation is 2. The standard InChI is InChI=1S/C15H14ClNOS/c16-11-5-3-6-12(9-11)17-15(18)14-8-10-4-1-2-7-13(10)19-14/h3,5-6,8-9H,1-2,4,7H2,(H,17,18). The molecule has 0 unspecified atom stereocenters. The summed E-state index contributed by atoms with van der Waals surface area (Å²) >= 11 is 7.53. The molecule has 0 saturated carbocycles. The lowest BCUT2D eigenvalue weighted by molar-refractivity contribution is 0.103. The summed E-state index contributed by atoms with van der Waals surface area (Å²) in [4.78, 5) is 14.4. The van der Waals surface area contributed by atoms with Crippen LogP contribution in [0.2, 0.25) is 5.02 Å². The highest BCUT2D eigenvalue weighted by Crippen LogP contribution is 2.30. The molecule has 19 heavy (non-hydrogen) atoms. The van der Waals surface area contributed by atoms with Crippen molar-refractivity contribution in [3.05, 3.63) is 50.7 Å². The number of amides is 1. The minimum Gasteiger partial charge on any atom is -0.321 e. The molecule has 1 amide bonds. The maximum absolute atomic E-state index is 12.2. The topological polar surface area (TPSA) is 29.1 Å². The SMILES string of the molecule is O=C(Nc1cccc(Cl)c1)c1cc2c(s1)CCCC2. The zero-order chi connectivity index (χ0) is 13.2. The second-order valence-corrected chi connectivity index (χ2v) is 6.30. The maximum atomic E-state index is 12.2. The number of carbonyl (C=O) groups excluding carboxylic acids is 1. The van der Waals surface area contributed by atoms with Crippen LogP contribution >= 0.6 is 22.9 Å². The van der Waals surface area contributed by atoms with Gasteiger partial charge in [-0.1, -0.05) is 17.7 Å². The molecule has 0 aliphatic heterocycles. The van der Waals surface area contributed by atoms with Gasteiger partial charge < -0.3 is 5.32 Å². The highest BCUT2D eigenvalue weighted by Gasteiger charge is 2.17. The molecule has 2 nitrogen and oxygen atoms in total. The minimum absolute atomic E-state index is 0.0401. The minimum atomic E-state index is -0.0401. The smallest absolute Gasteiger partial charge is 0.265 e. The van der Waals surface area contributed by atoms with Crippen LogP contribution in [0.3, 0.4) is 0 Å². The van der Waals surface area contributed by atoms with E-state index in [0.29, 0.717) is 5.02 Å². The van der Waals surface area contributed by atoms with Crippen molar-refractivity contribution in [2.45, 2.75) is 25.7 Å². The van der Waals surface area contributed by atoms with E-state index in [4.69, 9.17) is 11.6 Å². The highest BCUT2D eigenvalue weighted by molar-refractivity contribution is 7.14. The summed E-state index contributed by atoms with van der Waals surface area (Å²) < 4.78 is 0. The second kappa shape index (κ2) is 5.35. The Hall–Kier alpha value is -1.32. The Morgan fingerprint density at radius 1 is 1.21 bits per heavy atom. The molecule has 1 aromatic heterocycles. The second-order valence-electron chi connectivity index (χ2n) is 4.73. The largest absolute Gasteiger partial charge is 0.321 e. The van der Waals surface area contributed by atoms with Gasteiger partial charge in [-0.3, -0.25) is 4.79 Å². The van der Waals surface area contributed by atoms with Gasteiger partial charge in [-0.25, -0.2) is 0 Å². The molecule has 0 radical (unpaired) electrons. The van der Waals surface area contributed by atoms with Crippen LogP contribution in [0.1, 0.15) is 33.0 Å². The number of thiophene rings is 1. The van der Waals surface area contributed by atoms with Crippen LogP contribution in [0.4, 0.5) is 5.69 Å². The third kappa shape index (κ3) is 2.82. The van der Waals surface area contributed by atoms with E-state index >= 15 is 0 Å². The summed E-state index contributed by atoms with van der Waals surface area (Å²) in [5, 5.41) is 3.52. The molecular formula is C15H14ClNOS. The Kier molecular flexibility index (Phi) is 3.58. The Morgan fingerprint density at radius 3 is 2.84 bits per heavy atom. The summed E-state index contributed by atoms with van der Waals surface area (Å²) in [6.07, 6.45) is 4.70. The van der Waals surface area contributed by atoms with Crippen molar-refractivity contribution in [2.24, 2.45) is 0 Å². The molecule has 0 fully saturated rings. The highest BCUT2D eigenvalue weighted by atomic mass is 35.5. The van der Waals surface area contributed by atoms with Crippen molar-refractivity contribution in [2.75, 3.05) is 5.32 Å². The van der Waals surface area contributed by atoms with E-state index in [2.05, 4.69) is 5.32 Å². The van der Waals surface area contributed by atoms with Gasteiger partial charge in [0.15, 0.2) is 0 Å². The van der Waals surface area contributed by atoms with Gasteiger partial charge in [0.05, 0.1) is 4.88 Å². The Labute approximate surface area is 121 Å². The van der Waals surface area contributed by atoms with Crippen molar-refractivity contribution in [1.29, 1.82) is 0 Å². The maximum Gasteiger partial charge on any atom is 0.265 e. The third-order valence-electron chi connectivity index (χ3n) is 3.30. The molecule has 1 aromatic carbocycles. The van der Waals surface area contributed by atoms with Crippen molar-refractivity contribution in [3.8, 4) is 0 Å². The normalized spacial score (nSPS) is 13.9. The van der Waals surface area contributed by atoms with Gasteiger partial charge in [0.25, 0.3) is 5.91 Å². The Bertz CT molecular complexity index is 597. The predicted octanol–water partition coefficient (Wildman–Crippen LogP) is 4.53.